The molecule has 0 aliphatic heterocycles. The molecule has 3 aromatic heterocycles. The summed E-state index contributed by atoms with van der Waals surface area (Å²) in [5.74, 6) is 0.310. The Bertz CT molecular complexity index is 912. The fourth-order valence-electron chi connectivity index (χ4n) is 2.21. The molecular weight excluding hydrogens is 271 g/mol. The fraction of sp³-hybridized carbons (Fsp3) is 0. The van der Waals surface area contributed by atoms with Crippen molar-refractivity contribution in [2.75, 3.05) is 0 Å². The maximum Gasteiger partial charge on any atom is 0.168 e. The first kappa shape index (κ1) is 11.7. The van der Waals surface area contributed by atoms with Gasteiger partial charge in [-0.1, -0.05) is 6.07 Å². The Morgan fingerprint density at radius 1 is 1.05 bits per heavy atom. The highest BCUT2D eigenvalue weighted by molar-refractivity contribution is 5.83. The molecule has 0 unspecified atom stereocenters. The van der Waals surface area contributed by atoms with E-state index >= 15 is 0 Å². The maximum atomic E-state index is 13.4. The molecule has 0 bridgehead atoms. The van der Waals surface area contributed by atoms with Crippen LogP contribution < -0.4 is 0 Å². The molecule has 1 aromatic carbocycles. The van der Waals surface area contributed by atoms with Crippen LogP contribution in [0.4, 0.5) is 4.39 Å². The summed E-state index contributed by atoms with van der Waals surface area (Å²) in [6, 6.07) is 8.01. The first-order valence-corrected chi connectivity index (χ1v) is 6.27. The molecule has 0 amide bonds. The molecule has 0 radical (unpaired) electrons. The third kappa shape index (κ3) is 1.86. The molecule has 7 heteroatoms. The van der Waals surface area contributed by atoms with Gasteiger partial charge in [-0.25, -0.2) is 23.7 Å². The maximum absolute atomic E-state index is 13.4. The average molecular weight is 280 g/mol. The minimum absolute atomic E-state index is 0.322. The zero-order chi connectivity index (χ0) is 14.2. The van der Waals surface area contributed by atoms with Gasteiger partial charge in [0.2, 0.25) is 0 Å². The van der Waals surface area contributed by atoms with E-state index in [9.17, 15) is 4.39 Å². The van der Waals surface area contributed by atoms with Gasteiger partial charge in [-0.3, -0.25) is 0 Å². The molecule has 4 rings (SSSR count). The monoisotopic (exact) mass is 280 g/mol. The summed E-state index contributed by atoms with van der Waals surface area (Å²) in [7, 11) is 0. The van der Waals surface area contributed by atoms with E-state index < -0.39 is 0 Å². The lowest BCUT2D eigenvalue weighted by Crippen LogP contribution is -2.01. The number of halogens is 1. The zero-order valence-corrected chi connectivity index (χ0v) is 10.8. The van der Waals surface area contributed by atoms with Gasteiger partial charge in [-0.2, -0.15) is 10.2 Å². The van der Waals surface area contributed by atoms with Gasteiger partial charge in [-0.15, -0.1) is 0 Å². The first-order valence-electron chi connectivity index (χ1n) is 6.27. The van der Waals surface area contributed by atoms with Crippen molar-refractivity contribution in [1.82, 2.24) is 29.5 Å². The van der Waals surface area contributed by atoms with E-state index in [1.54, 1.807) is 40.1 Å². The average Bonchev–Trinajstić information content (AvgIpc) is 3.16. The van der Waals surface area contributed by atoms with Crippen molar-refractivity contribution < 1.29 is 4.39 Å². The zero-order valence-electron chi connectivity index (χ0n) is 10.8. The van der Waals surface area contributed by atoms with Crippen LogP contribution in [0.5, 0.6) is 0 Å². The topological polar surface area (TPSA) is 61.4 Å². The van der Waals surface area contributed by atoms with Gasteiger partial charge >= 0.3 is 0 Å². The van der Waals surface area contributed by atoms with Gasteiger partial charge in [0.25, 0.3) is 0 Å². The molecule has 0 N–H and O–H groups in total. The van der Waals surface area contributed by atoms with E-state index in [1.165, 1.54) is 18.5 Å². The summed E-state index contributed by atoms with van der Waals surface area (Å²) in [6.45, 7) is 0. The van der Waals surface area contributed by atoms with Crippen LogP contribution >= 0.6 is 0 Å². The predicted molar refractivity (Wildman–Crippen MR) is 73.7 cm³/mol. The van der Waals surface area contributed by atoms with Gasteiger partial charge < -0.3 is 0 Å². The highest BCUT2D eigenvalue weighted by Crippen LogP contribution is 2.20. The molecule has 6 nitrogen and oxygen atoms in total. The summed E-state index contributed by atoms with van der Waals surface area (Å²) < 4.78 is 16.6. The summed E-state index contributed by atoms with van der Waals surface area (Å²) in [6.07, 6.45) is 6.56. The van der Waals surface area contributed by atoms with E-state index in [0.29, 0.717) is 17.2 Å². The molecular formula is C14H9FN6. The molecule has 0 aliphatic carbocycles. The number of benzene rings is 1. The summed E-state index contributed by atoms with van der Waals surface area (Å²) in [4.78, 5) is 8.48. The van der Waals surface area contributed by atoms with Crippen molar-refractivity contribution in [2.24, 2.45) is 0 Å². The van der Waals surface area contributed by atoms with Crippen molar-refractivity contribution in [3.8, 4) is 11.5 Å². The van der Waals surface area contributed by atoms with Crippen molar-refractivity contribution in [1.29, 1.82) is 0 Å². The van der Waals surface area contributed by atoms with Crippen LogP contribution in [0, 0.1) is 5.82 Å². The van der Waals surface area contributed by atoms with Crippen molar-refractivity contribution in [3.05, 3.63) is 61.1 Å². The Morgan fingerprint density at radius 3 is 2.81 bits per heavy atom. The second kappa shape index (κ2) is 4.48. The van der Waals surface area contributed by atoms with Crippen LogP contribution in [0.1, 0.15) is 0 Å². The van der Waals surface area contributed by atoms with Crippen molar-refractivity contribution in [3.63, 3.8) is 0 Å². The normalized spacial score (nSPS) is 11.1. The molecule has 0 saturated heterocycles. The smallest absolute Gasteiger partial charge is 0.168 e. The van der Waals surface area contributed by atoms with Gasteiger partial charge in [0.15, 0.2) is 11.5 Å². The first-order chi connectivity index (χ1) is 10.3. The molecule has 21 heavy (non-hydrogen) atoms. The van der Waals surface area contributed by atoms with Crippen LogP contribution in [0.25, 0.3) is 22.5 Å². The summed E-state index contributed by atoms with van der Waals surface area (Å²) >= 11 is 0. The summed E-state index contributed by atoms with van der Waals surface area (Å²) in [5, 5.41) is 9.19. The van der Waals surface area contributed by atoms with Gasteiger partial charge in [0.1, 0.15) is 12.1 Å². The Hall–Kier alpha value is -3.09. The number of nitrogens with zero attached hydrogens (tertiary/aromatic N) is 6. The molecule has 0 spiro atoms. The molecule has 0 atom stereocenters. The Labute approximate surface area is 118 Å². The quantitative estimate of drug-likeness (QED) is 0.564. The second-order valence-corrected chi connectivity index (χ2v) is 4.42. The van der Waals surface area contributed by atoms with E-state index in [-0.39, 0.29) is 5.82 Å². The minimum atomic E-state index is -0.322. The molecule has 0 aliphatic rings. The number of rotatable bonds is 2. The van der Waals surface area contributed by atoms with Gasteiger partial charge in [0, 0.05) is 12.4 Å². The highest BCUT2D eigenvalue weighted by Gasteiger charge is 2.12. The minimum Gasteiger partial charge on any atom is -0.222 e. The van der Waals surface area contributed by atoms with Crippen molar-refractivity contribution >= 4 is 11.0 Å². The molecule has 3 heterocycles. The molecule has 0 fully saturated rings. The number of aromatic nitrogens is 6. The highest BCUT2D eigenvalue weighted by atomic mass is 19.1. The number of fused-ring (bicyclic) bond motifs is 1. The van der Waals surface area contributed by atoms with Crippen LogP contribution in [-0.2, 0) is 0 Å². The van der Waals surface area contributed by atoms with Crippen LogP contribution in [-0.4, -0.2) is 29.5 Å². The van der Waals surface area contributed by atoms with Crippen molar-refractivity contribution in [2.45, 2.75) is 0 Å². The lowest BCUT2D eigenvalue weighted by molar-refractivity contribution is 0.625. The van der Waals surface area contributed by atoms with Gasteiger partial charge in [-0.05, 0) is 24.3 Å². The molecule has 0 saturated carbocycles. The fourth-order valence-corrected chi connectivity index (χ4v) is 2.21. The lowest BCUT2D eigenvalue weighted by atomic mass is 10.3. The van der Waals surface area contributed by atoms with E-state index in [0.717, 1.165) is 5.39 Å². The SMILES string of the molecule is Fc1cccc(-n2ncc3c(-n4cccn4)ncnc32)c1. The lowest BCUT2D eigenvalue weighted by Gasteiger charge is -2.04. The van der Waals surface area contributed by atoms with Gasteiger partial charge in [0.05, 0.1) is 17.3 Å². The standard InChI is InChI=1S/C14H9FN6/c15-10-3-1-4-11(7-10)21-14-12(8-19-21)13(16-9-17-14)20-6-2-5-18-20/h1-9H. The third-order valence-electron chi connectivity index (χ3n) is 3.12. The van der Waals surface area contributed by atoms with Crippen LogP contribution in [0.15, 0.2) is 55.2 Å². The predicted octanol–water partition coefficient (Wildman–Crippen LogP) is 2.14. The van der Waals surface area contributed by atoms with Crippen LogP contribution in [0.2, 0.25) is 0 Å². The number of hydrogen-bond acceptors (Lipinski definition) is 4. The Kier molecular flexibility index (Phi) is 2.50. The Balaban J connectivity index is 1.96. The molecule has 102 valence electrons. The van der Waals surface area contributed by atoms with E-state index in [2.05, 4.69) is 20.2 Å². The third-order valence-corrected chi connectivity index (χ3v) is 3.12. The molecule has 4 aromatic rings. The van der Waals surface area contributed by atoms with E-state index in [4.69, 9.17) is 0 Å². The van der Waals surface area contributed by atoms with E-state index in [1.807, 2.05) is 6.07 Å². The largest absolute Gasteiger partial charge is 0.222 e. The second-order valence-electron chi connectivity index (χ2n) is 4.42. The summed E-state index contributed by atoms with van der Waals surface area (Å²) in [5.41, 5.74) is 1.20. The number of hydrogen-bond donors (Lipinski definition) is 0. The van der Waals surface area contributed by atoms with Crippen LogP contribution in [0.3, 0.4) is 0 Å². The Morgan fingerprint density at radius 2 is 2.00 bits per heavy atom.